The van der Waals surface area contributed by atoms with Crippen molar-refractivity contribution in [3.05, 3.63) is 76.8 Å². The molecule has 0 radical (unpaired) electrons. The van der Waals surface area contributed by atoms with Crippen LogP contribution in [0.2, 0.25) is 0 Å². The highest BCUT2D eigenvalue weighted by Crippen LogP contribution is 2.44. The number of carbonyl (C=O) groups is 2. The second-order valence-corrected chi connectivity index (χ2v) is 8.39. The van der Waals surface area contributed by atoms with E-state index >= 15 is 0 Å². The van der Waals surface area contributed by atoms with Crippen molar-refractivity contribution >= 4 is 29.2 Å². The highest BCUT2D eigenvalue weighted by Gasteiger charge is 2.26. The molecule has 192 valence electrons. The monoisotopic (exact) mass is 507 g/mol. The van der Waals surface area contributed by atoms with Gasteiger partial charge in [0.15, 0.2) is 11.5 Å². The van der Waals surface area contributed by atoms with Gasteiger partial charge in [-0.3, -0.25) is 4.79 Å². The van der Waals surface area contributed by atoms with Crippen LogP contribution >= 0.6 is 0 Å². The fraction of sp³-hybridized carbons (Fsp3) is 0.222. The number of hydrogen-bond acceptors (Lipinski definition) is 7. The first kappa shape index (κ1) is 25.5. The number of nitrogens with one attached hydrogen (secondary N) is 1. The Balaban J connectivity index is 1.74. The standard InChI is InChI=1S/C27H26FN3O6/c1-15-19(10-16-11-22(34-4)24(23(12-16)35-5)37-27(33)31(2)3)18-7-6-17(28)13-20(18)21(15)14-30-25(32)26-29-8-9-36-26/h6-13H,14H2,1-5H3,(H,30,32)/b19-10-. The summed E-state index contributed by atoms with van der Waals surface area (Å²) >= 11 is 0. The fourth-order valence-electron chi connectivity index (χ4n) is 3.99. The summed E-state index contributed by atoms with van der Waals surface area (Å²) in [4.78, 5) is 29.7. The van der Waals surface area contributed by atoms with E-state index in [9.17, 15) is 14.0 Å². The highest BCUT2D eigenvalue weighted by atomic mass is 19.1. The minimum Gasteiger partial charge on any atom is -0.493 e. The Hall–Kier alpha value is -4.60. The zero-order valence-corrected chi connectivity index (χ0v) is 21.0. The second kappa shape index (κ2) is 10.6. The summed E-state index contributed by atoms with van der Waals surface area (Å²) < 4.78 is 35.7. The van der Waals surface area contributed by atoms with Crippen LogP contribution in [-0.4, -0.2) is 56.7 Å². The zero-order chi connectivity index (χ0) is 26.7. The van der Waals surface area contributed by atoms with Crippen molar-refractivity contribution < 1.29 is 32.6 Å². The van der Waals surface area contributed by atoms with Crippen LogP contribution in [0.25, 0.3) is 17.2 Å². The third-order valence-corrected chi connectivity index (χ3v) is 5.85. The molecular formula is C27H26FN3O6. The molecule has 0 aliphatic heterocycles. The molecule has 1 aliphatic carbocycles. The summed E-state index contributed by atoms with van der Waals surface area (Å²) in [5.41, 5.74) is 4.63. The molecule has 2 aromatic carbocycles. The lowest BCUT2D eigenvalue weighted by atomic mass is 10.00. The van der Waals surface area contributed by atoms with E-state index < -0.39 is 12.0 Å². The van der Waals surface area contributed by atoms with Crippen molar-refractivity contribution in [2.24, 2.45) is 0 Å². The van der Waals surface area contributed by atoms with Crippen molar-refractivity contribution in [2.45, 2.75) is 6.92 Å². The second-order valence-electron chi connectivity index (χ2n) is 8.39. The molecule has 0 unspecified atom stereocenters. The zero-order valence-electron chi connectivity index (χ0n) is 21.0. The molecule has 10 heteroatoms. The number of rotatable bonds is 7. The van der Waals surface area contributed by atoms with Crippen LogP contribution in [-0.2, 0) is 0 Å². The number of oxazole rings is 1. The third-order valence-electron chi connectivity index (χ3n) is 5.85. The quantitative estimate of drug-likeness (QED) is 0.497. The summed E-state index contributed by atoms with van der Waals surface area (Å²) in [5, 5.41) is 2.78. The molecule has 9 nitrogen and oxygen atoms in total. The van der Waals surface area contributed by atoms with Gasteiger partial charge in [-0.1, -0.05) is 6.07 Å². The van der Waals surface area contributed by atoms with Gasteiger partial charge in [0.25, 0.3) is 5.89 Å². The van der Waals surface area contributed by atoms with Gasteiger partial charge in [-0.2, -0.15) is 0 Å². The average molecular weight is 508 g/mol. The van der Waals surface area contributed by atoms with Gasteiger partial charge in [0.1, 0.15) is 12.1 Å². The SMILES string of the molecule is COc1cc(/C=C2/C(C)=C(CNC(=O)c3ncco3)c3cc(F)ccc32)cc(OC)c1OC(=O)N(C)C. The van der Waals surface area contributed by atoms with E-state index in [4.69, 9.17) is 18.6 Å². The van der Waals surface area contributed by atoms with Crippen molar-refractivity contribution in [1.29, 1.82) is 0 Å². The van der Waals surface area contributed by atoms with E-state index in [0.29, 0.717) is 22.6 Å². The molecule has 1 N–H and O–H groups in total. The van der Waals surface area contributed by atoms with Crippen LogP contribution in [0.15, 0.2) is 52.8 Å². The van der Waals surface area contributed by atoms with Crippen LogP contribution in [0.5, 0.6) is 17.2 Å². The Morgan fingerprint density at radius 1 is 1.11 bits per heavy atom. The normalized spacial score (nSPS) is 13.4. The number of hydrogen-bond donors (Lipinski definition) is 1. The topological polar surface area (TPSA) is 103 Å². The van der Waals surface area contributed by atoms with E-state index in [1.165, 1.54) is 43.7 Å². The number of fused-ring (bicyclic) bond motifs is 1. The first-order valence-corrected chi connectivity index (χ1v) is 11.3. The average Bonchev–Trinajstić information content (AvgIpc) is 3.50. The molecule has 2 amide bonds. The predicted octanol–water partition coefficient (Wildman–Crippen LogP) is 4.65. The number of amides is 2. The Labute approximate surface area is 213 Å². The summed E-state index contributed by atoms with van der Waals surface area (Å²) in [6.07, 6.45) is 4.02. The van der Waals surface area contributed by atoms with Gasteiger partial charge in [-0.25, -0.2) is 14.2 Å². The molecule has 0 saturated heterocycles. The number of carbonyl (C=O) groups excluding carboxylic acids is 2. The number of halogens is 1. The van der Waals surface area contributed by atoms with Crippen molar-refractivity contribution in [2.75, 3.05) is 34.9 Å². The third kappa shape index (κ3) is 5.18. The summed E-state index contributed by atoms with van der Waals surface area (Å²) in [6.45, 7) is 2.05. The number of allylic oxidation sites excluding steroid dienone is 2. The molecule has 0 saturated carbocycles. The van der Waals surface area contributed by atoms with Crippen molar-refractivity contribution in [1.82, 2.24) is 15.2 Å². The predicted molar refractivity (Wildman–Crippen MR) is 135 cm³/mol. The largest absolute Gasteiger partial charge is 0.493 e. The molecule has 1 heterocycles. The lowest BCUT2D eigenvalue weighted by Gasteiger charge is -2.17. The van der Waals surface area contributed by atoms with Crippen LogP contribution in [0, 0.1) is 5.82 Å². The fourth-order valence-corrected chi connectivity index (χ4v) is 3.99. The molecule has 0 atom stereocenters. The van der Waals surface area contributed by atoms with E-state index in [0.717, 1.165) is 22.3 Å². The van der Waals surface area contributed by atoms with Gasteiger partial charge < -0.3 is 28.8 Å². The minimum atomic E-state index is -0.579. The number of ether oxygens (including phenoxy) is 3. The van der Waals surface area contributed by atoms with Gasteiger partial charge in [0, 0.05) is 20.6 Å². The van der Waals surface area contributed by atoms with E-state index in [1.54, 1.807) is 32.3 Å². The van der Waals surface area contributed by atoms with Gasteiger partial charge in [-0.05, 0) is 70.7 Å². The van der Waals surface area contributed by atoms with E-state index in [-0.39, 0.29) is 24.0 Å². The first-order chi connectivity index (χ1) is 17.7. The summed E-state index contributed by atoms with van der Waals surface area (Å²) in [7, 11) is 6.07. The Bertz CT molecular complexity index is 1380. The Morgan fingerprint density at radius 2 is 1.81 bits per heavy atom. The van der Waals surface area contributed by atoms with E-state index in [1.807, 2.05) is 13.0 Å². The van der Waals surface area contributed by atoms with Crippen molar-refractivity contribution in [3.63, 3.8) is 0 Å². The summed E-state index contributed by atoms with van der Waals surface area (Å²) in [6, 6.07) is 7.96. The molecule has 37 heavy (non-hydrogen) atoms. The van der Waals surface area contributed by atoms with Gasteiger partial charge >= 0.3 is 12.0 Å². The maximum atomic E-state index is 14.2. The number of nitrogens with zero attached hydrogens (tertiary/aromatic N) is 2. The number of aromatic nitrogens is 1. The maximum absolute atomic E-state index is 14.2. The number of methoxy groups -OCH3 is 2. The molecule has 0 fully saturated rings. The first-order valence-electron chi connectivity index (χ1n) is 11.3. The Kier molecular flexibility index (Phi) is 7.28. The van der Waals surface area contributed by atoms with Crippen molar-refractivity contribution in [3.8, 4) is 17.2 Å². The van der Waals surface area contributed by atoms with Crippen LogP contribution in [0.4, 0.5) is 9.18 Å². The number of benzene rings is 2. The van der Waals surface area contributed by atoms with Crippen LogP contribution < -0.4 is 19.5 Å². The maximum Gasteiger partial charge on any atom is 0.414 e. The van der Waals surface area contributed by atoms with Gasteiger partial charge in [-0.15, -0.1) is 0 Å². The smallest absolute Gasteiger partial charge is 0.414 e. The van der Waals surface area contributed by atoms with E-state index in [2.05, 4.69) is 10.3 Å². The Morgan fingerprint density at radius 3 is 2.41 bits per heavy atom. The molecule has 3 aromatic rings. The highest BCUT2D eigenvalue weighted by molar-refractivity contribution is 6.06. The molecule has 0 bridgehead atoms. The van der Waals surface area contributed by atoms with Crippen LogP contribution in [0.3, 0.4) is 0 Å². The lowest BCUT2D eigenvalue weighted by molar-refractivity contribution is 0.0924. The lowest BCUT2D eigenvalue weighted by Crippen LogP contribution is -2.25. The molecule has 0 spiro atoms. The van der Waals surface area contributed by atoms with Gasteiger partial charge in [0.2, 0.25) is 5.75 Å². The summed E-state index contributed by atoms with van der Waals surface area (Å²) in [5.74, 6) is -0.155. The molecule has 1 aliphatic rings. The minimum absolute atomic E-state index is 0.0549. The molecule has 1 aromatic heterocycles. The van der Waals surface area contributed by atoms with Gasteiger partial charge in [0.05, 0.1) is 20.4 Å². The molecule has 4 rings (SSSR count). The molecular weight excluding hydrogens is 481 g/mol. The van der Waals surface area contributed by atoms with Crippen LogP contribution in [0.1, 0.15) is 34.3 Å².